The Bertz CT molecular complexity index is 648. The Balaban J connectivity index is 2.44. The van der Waals surface area contributed by atoms with E-state index in [0.717, 1.165) is 5.56 Å². The molecule has 0 fully saturated rings. The van der Waals surface area contributed by atoms with Crippen LogP contribution in [0.4, 0.5) is 5.82 Å². The number of benzene rings is 1. The van der Waals surface area contributed by atoms with Crippen LogP contribution in [-0.4, -0.2) is 21.8 Å². The maximum absolute atomic E-state index is 11.2. The number of nitrogens with zero attached hydrogens (tertiary/aromatic N) is 1. The van der Waals surface area contributed by atoms with Gasteiger partial charge in [-0.05, 0) is 18.6 Å². The molecule has 3 N–H and O–H groups in total. The van der Waals surface area contributed by atoms with Gasteiger partial charge < -0.3 is 10.8 Å². The molecule has 0 aliphatic rings. The minimum absolute atomic E-state index is 0.0170. The number of anilines is 1. The van der Waals surface area contributed by atoms with E-state index in [9.17, 15) is 9.59 Å². The van der Waals surface area contributed by atoms with E-state index in [4.69, 9.17) is 10.8 Å². The summed E-state index contributed by atoms with van der Waals surface area (Å²) in [6.45, 7) is 1.49. The van der Waals surface area contributed by atoms with Crippen LogP contribution in [0.2, 0.25) is 0 Å². The third-order valence-corrected chi connectivity index (χ3v) is 2.77. The molecule has 1 heterocycles. The molecule has 0 spiro atoms. The molecule has 1 aromatic carbocycles. The van der Waals surface area contributed by atoms with Gasteiger partial charge in [0.1, 0.15) is 11.4 Å². The lowest BCUT2D eigenvalue weighted by Gasteiger charge is -2.05. The zero-order valence-electron chi connectivity index (χ0n) is 10.3. The molecular weight excluding hydrogens is 244 g/mol. The van der Waals surface area contributed by atoms with Gasteiger partial charge in [-0.2, -0.15) is 0 Å². The Labute approximate surface area is 109 Å². The summed E-state index contributed by atoms with van der Waals surface area (Å²) < 4.78 is 0. The van der Waals surface area contributed by atoms with Crippen LogP contribution in [0.15, 0.2) is 36.5 Å². The number of carboxylic acid groups (broad SMARTS) is 1. The van der Waals surface area contributed by atoms with E-state index < -0.39 is 5.97 Å². The number of rotatable bonds is 3. The van der Waals surface area contributed by atoms with Crippen LogP contribution in [-0.2, 0) is 0 Å². The molecule has 0 amide bonds. The summed E-state index contributed by atoms with van der Waals surface area (Å²) >= 11 is 0. The van der Waals surface area contributed by atoms with Crippen LogP contribution < -0.4 is 5.73 Å². The molecule has 0 saturated carbocycles. The number of aromatic nitrogens is 1. The zero-order chi connectivity index (χ0) is 14.0. The third kappa shape index (κ3) is 2.60. The van der Waals surface area contributed by atoms with Gasteiger partial charge >= 0.3 is 5.97 Å². The second-order valence-electron chi connectivity index (χ2n) is 4.10. The Morgan fingerprint density at radius 2 is 1.79 bits per heavy atom. The molecule has 2 aromatic rings. The summed E-state index contributed by atoms with van der Waals surface area (Å²) in [5, 5.41) is 8.99. The second-order valence-corrected chi connectivity index (χ2v) is 4.10. The number of hydrogen-bond donors (Lipinski definition) is 2. The van der Waals surface area contributed by atoms with E-state index in [1.165, 1.54) is 19.2 Å². The molecule has 5 nitrogen and oxygen atoms in total. The topological polar surface area (TPSA) is 93.3 Å². The highest BCUT2D eigenvalue weighted by atomic mass is 16.4. The maximum atomic E-state index is 11.2. The van der Waals surface area contributed by atoms with E-state index in [2.05, 4.69) is 4.98 Å². The standard InChI is InChI=1S/C14H12N2O3/c1-8(17)9-2-4-10(5-3-9)11-6-12(14(18)19)13(15)16-7-11/h2-7H,1H3,(H2,15,16)(H,18,19). The van der Waals surface area contributed by atoms with Crippen molar-refractivity contribution in [3.8, 4) is 11.1 Å². The average Bonchev–Trinajstić information content (AvgIpc) is 2.39. The van der Waals surface area contributed by atoms with Gasteiger partial charge in [0.2, 0.25) is 0 Å². The van der Waals surface area contributed by atoms with E-state index in [1.54, 1.807) is 24.3 Å². The Morgan fingerprint density at radius 3 is 2.32 bits per heavy atom. The molecule has 0 aliphatic heterocycles. The highest BCUT2D eigenvalue weighted by molar-refractivity contribution is 5.95. The molecule has 96 valence electrons. The summed E-state index contributed by atoms with van der Waals surface area (Å²) in [5.41, 5.74) is 7.48. The largest absolute Gasteiger partial charge is 0.478 e. The van der Waals surface area contributed by atoms with Gasteiger partial charge in [0, 0.05) is 17.3 Å². The predicted molar refractivity (Wildman–Crippen MR) is 71.0 cm³/mol. The normalized spacial score (nSPS) is 10.2. The minimum Gasteiger partial charge on any atom is -0.478 e. The van der Waals surface area contributed by atoms with Gasteiger partial charge in [0.05, 0.1) is 0 Å². The summed E-state index contributed by atoms with van der Waals surface area (Å²) in [6.07, 6.45) is 1.50. The van der Waals surface area contributed by atoms with Crippen LogP contribution in [0.25, 0.3) is 11.1 Å². The summed E-state index contributed by atoms with van der Waals surface area (Å²) in [6, 6.07) is 8.33. The van der Waals surface area contributed by atoms with Gasteiger partial charge in [-0.1, -0.05) is 24.3 Å². The number of carbonyl (C=O) groups is 2. The number of carboxylic acids is 1. The first kappa shape index (κ1) is 12.8. The molecule has 0 bridgehead atoms. The minimum atomic E-state index is -1.12. The van der Waals surface area contributed by atoms with Crippen molar-refractivity contribution in [2.45, 2.75) is 6.92 Å². The van der Waals surface area contributed by atoms with Crippen molar-refractivity contribution in [2.75, 3.05) is 5.73 Å². The van der Waals surface area contributed by atoms with Crippen LogP contribution in [0.1, 0.15) is 27.6 Å². The quantitative estimate of drug-likeness (QED) is 0.821. The molecule has 0 saturated heterocycles. The highest BCUT2D eigenvalue weighted by Crippen LogP contribution is 2.22. The number of nitrogen functional groups attached to an aromatic ring is 1. The molecule has 0 atom stereocenters. The van der Waals surface area contributed by atoms with Crippen LogP contribution in [0, 0.1) is 0 Å². The fraction of sp³-hybridized carbons (Fsp3) is 0.0714. The maximum Gasteiger partial charge on any atom is 0.339 e. The molecular formula is C14H12N2O3. The number of hydrogen-bond acceptors (Lipinski definition) is 4. The monoisotopic (exact) mass is 256 g/mol. The van der Waals surface area contributed by atoms with Crippen molar-refractivity contribution < 1.29 is 14.7 Å². The lowest BCUT2D eigenvalue weighted by molar-refractivity contribution is 0.0697. The van der Waals surface area contributed by atoms with Gasteiger partial charge in [0.15, 0.2) is 5.78 Å². The van der Waals surface area contributed by atoms with Crippen LogP contribution in [0.3, 0.4) is 0 Å². The van der Waals surface area contributed by atoms with Crippen molar-refractivity contribution >= 4 is 17.6 Å². The van der Waals surface area contributed by atoms with Crippen molar-refractivity contribution in [1.29, 1.82) is 0 Å². The number of nitrogens with two attached hydrogens (primary N) is 1. The number of ketones is 1. The third-order valence-electron chi connectivity index (χ3n) is 2.77. The Hall–Kier alpha value is -2.69. The molecule has 2 rings (SSSR count). The molecule has 1 aromatic heterocycles. The fourth-order valence-corrected chi connectivity index (χ4v) is 1.70. The average molecular weight is 256 g/mol. The number of aromatic carboxylic acids is 1. The highest BCUT2D eigenvalue weighted by Gasteiger charge is 2.11. The second kappa shape index (κ2) is 4.89. The van der Waals surface area contributed by atoms with E-state index in [-0.39, 0.29) is 17.2 Å². The van der Waals surface area contributed by atoms with Crippen LogP contribution in [0.5, 0.6) is 0 Å². The molecule has 5 heteroatoms. The van der Waals surface area contributed by atoms with Gasteiger partial charge in [-0.3, -0.25) is 4.79 Å². The molecule has 0 unspecified atom stereocenters. The van der Waals surface area contributed by atoms with Crippen LogP contribution >= 0.6 is 0 Å². The fourth-order valence-electron chi connectivity index (χ4n) is 1.70. The first-order chi connectivity index (χ1) is 8.99. The first-order valence-corrected chi connectivity index (χ1v) is 5.59. The molecule has 0 radical (unpaired) electrons. The number of carbonyl (C=O) groups excluding carboxylic acids is 1. The van der Waals surface area contributed by atoms with E-state index in [1.807, 2.05) is 0 Å². The van der Waals surface area contributed by atoms with E-state index >= 15 is 0 Å². The lowest BCUT2D eigenvalue weighted by Crippen LogP contribution is -2.04. The van der Waals surface area contributed by atoms with Crippen molar-refractivity contribution in [1.82, 2.24) is 4.98 Å². The van der Waals surface area contributed by atoms with Gasteiger partial charge in [-0.15, -0.1) is 0 Å². The summed E-state index contributed by atoms with van der Waals surface area (Å²) in [7, 11) is 0. The Kier molecular flexibility index (Phi) is 3.29. The number of Topliss-reactive ketones (excluding diaryl/α,β-unsaturated/α-hetero) is 1. The Morgan fingerprint density at radius 1 is 1.16 bits per heavy atom. The number of pyridine rings is 1. The zero-order valence-corrected chi connectivity index (χ0v) is 10.3. The predicted octanol–water partition coefficient (Wildman–Crippen LogP) is 2.23. The van der Waals surface area contributed by atoms with Gasteiger partial charge in [-0.25, -0.2) is 9.78 Å². The summed E-state index contributed by atoms with van der Waals surface area (Å²) in [5.74, 6) is -1.16. The van der Waals surface area contributed by atoms with Crippen molar-refractivity contribution in [3.05, 3.63) is 47.7 Å². The summed E-state index contributed by atoms with van der Waals surface area (Å²) in [4.78, 5) is 26.0. The SMILES string of the molecule is CC(=O)c1ccc(-c2cnc(N)c(C(=O)O)c2)cc1. The van der Waals surface area contributed by atoms with Crippen molar-refractivity contribution in [3.63, 3.8) is 0 Å². The first-order valence-electron chi connectivity index (χ1n) is 5.59. The lowest BCUT2D eigenvalue weighted by atomic mass is 10.0. The van der Waals surface area contributed by atoms with E-state index in [0.29, 0.717) is 11.1 Å². The molecule has 19 heavy (non-hydrogen) atoms. The van der Waals surface area contributed by atoms with Gasteiger partial charge in [0.25, 0.3) is 0 Å². The smallest absolute Gasteiger partial charge is 0.339 e. The van der Waals surface area contributed by atoms with Crippen molar-refractivity contribution in [2.24, 2.45) is 0 Å². The molecule has 0 aliphatic carbocycles.